The molecule has 7 nitrogen and oxygen atoms in total. The van der Waals surface area contributed by atoms with Crippen molar-refractivity contribution in [2.24, 2.45) is 0 Å². The number of aryl methyl sites for hydroxylation is 1. The van der Waals surface area contributed by atoms with E-state index in [1.54, 1.807) is 13.3 Å². The summed E-state index contributed by atoms with van der Waals surface area (Å²) in [7, 11) is 1.67. The van der Waals surface area contributed by atoms with Crippen LogP contribution in [0.1, 0.15) is 65.7 Å². The van der Waals surface area contributed by atoms with Crippen LogP contribution in [0.5, 0.6) is 5.75 Å². The number of hydrogen-bond donors (Lipinski definition) is 0. The van der Waals surface area contributed by atoms with Gasteiger partial charge in [-0.3, -0.25) is 9.69 Å². The molecule has 33 heavy (non-hydrogen) atoms. The van der Waals surface area contributed by atoms with Crippen LogP contribution < -0.4 is 4.74 Å². The van der Waals surface area contributed by atoms with Gasteiger partial charge in [-0.15, -0.1) is 0 Å². The predicted molar refractivity (Wildman–Crippen MR) is 127 cm³/mol. The van der Waals surface area contributed by atoms with E-state index in [-0.39, 0.29) is 11.8 Å². The minimum atomic E-state index is 0.0735. The van der Waals surface area contributed by atoms with Gasteiger partial charge in [0.2, 0.25) is 0 Å². The Morgan fingerprint density at radius 1 is 1.18 bits per heavy atom. The molecule has 1 atom stereocenters. The zero-order chi connectivity index (χ0) is 22.8. The van der Waals surface area contributed by atoms with Gasteiger partial charge in [-0.25, -0.2) is 9.97 Å². The maximum atomic E-state index is 12.9. The number of para-hydroxylation sites is 1. The number of amides is 1. The molecular weight excluding hydrogens is 416 g/mol. The number of methoxy groups -OCH3 is 1. The summed E-state index contributed by atoms with van der Waals surface area (Å²) >= 11 is 0. The second-order valence-electron chi connectivity index (χ2n) is 9.25. The summed E-state index contributed by atoms with van der Waals surface area (Å²) in [6.07, 6.45) is 7.27. The molecule has 0 saturated carbocycles. The van der Waals surface area contributed by atoms with Gasteiger partial charge in [0.25, 0.3) is 5.91 Å². The summed E-state index contributed by atoms with van der Waals surface area (Å²) in [5.41, 5.74) is 2.23. The first-order valence-electron chi connectivity index (χ1n) is 12.0. The fourth-order valence-corrected chi connectivity index (χ4v) is 5.12. The van der Waals surface area contributed by atoms with Crippen LogP contribution in [0.15, 0.2) is 34.9 Å². The van der Waals surface area contributed by atoms with E-state index in [2.05, 4.69) is 16.0 Å². The molecule has 174 valence electrons. The third-order valence-electron chi connectivity index (χ3n) is 6.90. The monoisotopic (exact) mass is 448 g/mol. The van der Waals surface area contributed by atoms with Crippen LogP contribution in [0.25, 0.3) is 11.0 Å². The molecule has 4 heterocycles. The first-order valence-corrected chi connectivity index (χ1v) is 12.0. The summed E-state index contributed by atoms with van der Waals surface area (Å²) in [5.74, 6) is 2.88. The zero-order valence-corrected chi connectivity index (χ0v) is 19.5. The van der Waals surface area contributed by atoms with Crippen LogP contribution >= 0.6 is 0 Å². The van der Waals surface area contributed by atoms with Crippen molar-refractivity contribution in [3.63, 3.8) is 0 Å². The Hall–Kier alpha value is -2.93. The van der Waals surface area contributed by atoms with Crippen LogP contribution in [0, 0.1) is 6.92 Å². The van der Waals surface area contributed by atoms with E-state index in [4.69, 9.17) is 14.1 Å². The van der Waals surface area contributed by atoms with E-state index in [1.165, 1.54) is 6.42 Å². The molecule has 3 aromatic rings. The van der Waals surface area contributed by atoms with Gasteiger partial charge < -0.3 is 14.1 Å². The van der Waals surface area contributed by atoms with Gasteiger partial charge in [-0.2, -0.15) is 0 Å². The zero-order valence-electron chi connectivity index (χ0n) is 19.5. The topological polar surface area (TPSA) is 71.7 Å². The highest BCUT2D eigenvalue weighted by molar-refractivity contribution is 5.95. The van der Waals surface area contributed by atoms with Crippen LogP contribution in [0.3, 0.4) is 0 Å². The minimum absolute atomic E-state index is 0.0735. The molecule has 0 spiro atoms. The van der Waals surface area contributed by atoms with Crippen molar-refractivity contribution in [2.75, 3.05) is 33.3 Å². The van der Waals surface area contributed by atoms with Gasteiger partial charge in [0.05, 0.1) is 24.9 Å². The number of aromatic nitrogens is 2. The average Bonchev–Trinajstić information content (AvgIpc) is 3.27. The lowest BCUT2D eigenvalue weighted by molar-refractivity contribution is 0.0722. The van der Waals surface area contributed by atoms with Gasteiger partial charge in [-0.05, 0) is 57.7 Å². The number of ether oxygens (including phenoxy) is 1. The summed E-state index contributed by atoms with van der Waals surface area (Å²) in [4.78, 5) is 26.7. The van der Waals surface area contributed by atoms with Gasteiger partial charge in [0.1, 0.15) is 11.6 Å². The van der Waals surface area contributed by atoms with Crippen molar-refractivity contribution < 1.29 is 13.9 Å². The number of carbonyl (C=O) groups excluding carboxylic acids is 1. The highest BCUT2D eigenvalue weighted by Gasteiger charge is 2.26. The van der Waals surface area contributed by atoms with E-state index in [1.807, 2.05) is 30.0 Å². The normalized spacial score (nSPS) is 19.7. The smallest absolute Gasteiger partial charge is 0.257 e. The standard InChI is InChI=1S/C26H32N4O3/c1-18-22(26(31)30-12-4-3-5-13-30)15-27-25(28-18)20-9-7-11-29(16-20)17-21-14-19-8-6-10-23(32-2)24(19)33-21/h6,8,10,14-15,20H,3-5,7,9,11-13,16-17H2,1-2H3. The Morgan fingerprint density at radius 3 is 2.82 bits per heavy atom. The number of hydrogen-bond acceptors (Lipinski definition) is 6. The van der Waals surface area contributed by atoms with Crippen LogP contribution in [0.2, 0.25) is 0 Å². The summed E-state index contributed by atoms with van der Waals surface area (Å²) in [5, 5.41) is 1.06. The van der Waals surface area contributed by atoms with Gasteiger partial charge in [-0.1, -0.05) is 12.1 Å². The van der Waals surface area contributed by atoms with Gasteiger partial charge >= 0.3 is 0 Å². The van der Waals surface area contributed by atoms with Crippen LogP contribution in [-0.4, -0.2) is 59.0 Å². The molecule has 5 rings (SSSR count). The molecule has 2 aromatic heterocycles. The average molecular weight is 449 g/mol. The number of nitrogens with zero attached hydrogens (tertiary/aromatic N) is 4. The predicted octanol–water partition coefficient (Wildman–Crippen LogP) is 4.55. The lowest BCUT2D eigenvalue weighted by atomic mass is 9.96. The minimum Gasteiger partial charge on any atom is -0.493 e. The Balaban J connectivity index is 1.28. The Labute approximate surface area is 194 Å². The third-order valence-corrected chi connectivity index (χ3v) is 6.90. The number of furan rings is 1. The molecule has 1 aromatic carbocycles. The molecule has 2 fully saturated rings. The highest BCUT2D eigenvalue weighted by atomic mass is 16.5. The summed E-state index contributed by atoms with van der Waals surface area (Å²) in [6, 6.07) is 8.05. The van der Waals surface area contributed by atoms with Crippen molar-refractivity contribution in [1.82, 2.24) is 19.8 Å². The third kappa shape index (κ3) is 4.60. The van der Waals surface area contributed by atoms with E-state index in [0.29, 0.717) is 5.56 Å². The first kappa shape index (κ1) is 21.9. The molecule has 7 heteroatoms. The molecule has 0 aliphatic carbocycles. The Morgan fingerprint density at radius 2 is 2.03 bits per heavy atom. The van der Waals surface area contributed by atoms with Crippen molar-refractivity contribution in [1.29, 1.82) is 0 Å². The van der Waals surface area contributed by atoms with E-state index < -0.39 is 0 Å². The molecule has 0 radical (unpaired) electrons. The molecule has 2 aliphatic heterocycles. The molecule has 2 aliphatic rings. The lowest BCUT2D eigenvalue weighted by Gasteiger charge is -2.31. The fraction of sp³-hybridized carbons (Fsp3) is 0.500. The molecular formula is C26H32N4O3. The van der Waals surface area contributed by atoms with Crippen molar-refractivity contribution >= 4 is 16.9 Å². The molecule has 0 N–H and O–H groups in total. The number of benzene rings is 1. The number of likely N-dealkylation sites (tertiary alicyclic amines) is 2. The first-order chi connectivity index (χ1) is 16.1. The van der Waals surface area contributed by atoms with E-state index in [0.717, 1.165) is 92.4 Å². The maximum Gasteiger partial charge on any atom is 0.257 e. The van der Waals surface area contributed by atoms with E-state index >= 15 is 0 Å². The van der Waals surface area contributed by atoms with Crippen molar-refractivity contribution in [2.45, 2.75) is 51.5 Å². The van der Waals surface area contributed by atoms with Crippen molar-refractivity contribution in [3.8, 4) is 5.75 Å². The largest absolute Gasteiger partial charge is 0.493 e. The van der Waals surface area contributed by atoms with E-state index in [9.17, 15) is 4.79 Å². The Bertz CT molecular complexity index is 1140. The maximum absolute atomic E-state index is 12.9. The number of piperidine rings is 2. The number of carbonyl (C=O) groups is 1. The lowest BCUT2D eigenvalue weighted by Crippen LogP contribution is -2.36. The summed E-state index contributed by atoms with van der Waals surface area (Å²) < 4.78 is 11.5. The van der Waals surface area contributed by atoms with Crippen molar-refractivity contribution in [3.05, 3.63) is 53.3 Å². The second kappa shape index (κ2) is 9.51. The molecule has 1 unspecified atom stereocenters. The fourth-order valence-electron chi connectivity index (χ4n) is 5.12. The van der Waals surface area contributed by atoms with Gasteiger partial charge in [0, 0.05) is 37.1 Å². The molecule has 0 bridgehead atoms. The highest BCUT2D eigenvalue weighted by Crippen LogP contribution is 2.31. The quantitative estimate of drug-likeness (QED) is 0.570. The van der Waals surface area contributed by atoms with Crippen LogP contribution in [-0.2, 0) is 6.54 Å². The summed E-state index contributed by atoms with van der Waals surface area (Å²) in [6.45, 7) is 6.27. The number of fused-ring (bicyclic) bond motifs is 1. The number of rotatable bonds is 5. The second-order valence-corrected chi connectivity index (χ2v) is 9.25. The van der Waals surface area contributed by atoms with Crippen LogP contribution in [0.4, 0.5) is 0 Å². The molecule has 2 saturated heterocycles. The van der Waals surface area contributed by atoms with Gasteiger partial charge in [0.15, 0.2) is 11.3 Å². The molecule has 1 amide bonds. The Kier molecular flexibility index (Phi) is 6.31. The SMILES string of the molecule is COc1cccc2cc(CN3CCCC(c4ncc(C(=O)N5CCCCC5)c(C)n4)C3)oc12.